The molecular weight excluding hydrogens is 371 g/mol. The molecule has 0 aliphatic carbocycles. The Kier molecular flexibility index (Phi) is 6.67. The summed E-state index contributed by atoms with van der Waals surface area (Å²) in [5, 5.41) is 2.57. The highest BCUT2D eigenvalue weighted by molar-refractivity contribution is 5.83. The average molecular weight is 381 g/mol. The number of alkyl halides is 11. The lowest BCUT2D eigenvalue weighted by Crippen LogP contribution is -2.43. The second-order valence-electron chi connectivity index (χ2n) is 4.23. The van der Waals surface area contributed by atoms with Gasteiger partial charge in [0, 0.05) is 0 Å². The lowest BCUT2D eigenvalue weighted by molar-refractivity contribution is -0.282. The monoisotopic (exact) mass is 381 g/mol. The number of oxime groups is 1. The lowest BCUT2D eigenvalue weighted by atomic mass is 10.1. The number of rotatable bonds is 5. The van der Waals surface area contributed by atoms with Crippen molar-refractivity contribution in [3.8, 4) is 0 Å². The van der Waals surface area contributed by atoms with Gasteiger partial charge in [0.25, 0.3) is 0 Å². The summed E-state index contributed by atoms with van der Waals surface area (Å²) in [4.78, 5) is 3.35. The predicted molar refractivity (Wildman–Crippen MR) is 59.2 cm³/mol. The highest BCUT2D eigenvalue weighted by Crippen LogP contribution is 2.49. The Balaban J connectivity index is 6.62. The van der Waals surface area contributed by atoms with E-state index in [-0.39, 0.29) is 18.6 Å². The fourth-order valence-corrected chi connectivity index (χ4v) is 1.30. The Morgan fingerprint density at radius 1 is 0.750 bits per heavy atom. The van der Waals surface area contributed by atoms with E-state index >= 15 is 0 Å². The highest BCUT2D eigenvalue weighted by Gasteiger charge is 2.68. The summed E-state index contributed by atoms with van der Waals surface area (Å²) in [6, 6.07) is 0. The molecule has 142 valence electrons. The molecule has 0 aromatic carbocycles. The minimum Gasteiger partial charge on any atom is -0.354 e. The van der Waals surface area contributed by atoms with Crippen LogP contribution in [0.2, 0.25) is 0 Å². The molecular formula is C11H10F11NO. The van der Waals surface area contributed by atoms with Crippen molar-refractivity contribution in [3.05, 3.63) is 11.3 Å². The van der Waals surface area contributed by atoms with E-state index in [0.29, 0.717) is 0 Å². The average Bonchev–Trinajstić information content (AvgIpc) is 2.33. The van der Waals surface area contributed by atoms with Crippen LogP contribution in [-0.4, -0.2) is 30.2 Å². The Morgan fingerprint density at radius 2 is 1.12 bits per heavy atom. The Morgan fingerprint density at radius 3 is 1.38 bits per heavy atom. The summed E-state index contributed by atoms with van der Waals surface area (Å²) >= 11 is 0. The SMILES string of the molecule is CCC(CC)=NOC(=C(C(F)(F)F)C(F)(F)F)C(F)(F)C(F)(F)F. The number of hydrogen-bond donors (Lipinski definition) is 0. The predicted octanol–water partition coefficient (Wildman–Crippen LogP) is 5.76. The van der Waals surface area contributed by atoms with Crippen molar-refractivity contribution in [1.82, 2.24) is 0 Å². The van der Waals surface area contributed by atoms with Gasteiger partial charge in [-0.1, -0.05) is 19.0 Å². The summed E-state index contributed by atoms with van der Waals surface area (Å²) in [6.07, 6.45) is -20.3. The summed E-state index contributed by atoms with van der Waals surface area (Å²) in [6.45, 7) is 2.57. The quantitative estimate of drug-likeness (QED) is 0.257. The summed E-state index contributed by atoms with van der Waals surface area (Å²) < 4.78 is 138. The van der Waals surface area contributed by atoms with Crippen LogP contribution in [-0.2, 0) is 4.84 Å². The minimum absolute atomic E-state index is 0.158. The van der Waals surface area contributed by atoms with Crippen LogP contribution in [0, 0.1) is 0 Å². The molecule has 0 aliphatic rings. The molecule has 0 fully saturated rings. The molecule has 0 rings (SSSR count). The van der Waals surface area contributed by atoms with Gasteiger partial charge >= 0.3 is 24.5 Å². The maximum atomic E-state index is 13.2. The van der Waals surface area contributed by atoms with Crippen molar-refractivity contribution in [1.29, 1.82) is 0 Å². The molecule has 0 aliphatic heterocycles. The molecule has 0 aromatic heterocycles. The molecule has 0 bridgehead atoms. The molecule has 13 heteroatoms. The Labute approximate surface area is 127 Å². The van der Waals surface area contributed by atoms with Crippen LogP contribution in [0.5, 0.6) is 0 Å². The molecule has 0 aromatic rings. The van der Waals surface area contributed by atoms with Gasteiger partial charge in [0.15, 0.2) is 5.57 Å². The first kappa shape index (κ1) is 22.4. The van der Waals surface area contributed by atoms with Gasteiger partial charge in [-0.2, -0.15) is 48.3 Å². The van der Waals surface area contributed by atoms with Crippen LogP contribution in [0.3, 0.4) is 0 Å². The van der Waals surface area contributed by atoms with Crippen LogP contribution < -0.4 is 0 Å². The smallest absolute Gasteiger partial charge is 0.354 e. The van der Waals surface area contributed by atoms with E-state index in [9.17, 15) is 48.3 Å². The van der Waals surface area contributed by atoms with Gasteiger partial charge in [0.1, 0.15) is 0 Å². The minimum atomic E-state index is -6.77. The first-order chi connectivity index (χ1) is 10.5. The van der Waals surface area contributed by atoms with E-state index in [1.165, 1.54) is 13.8 Å². The Bertz CT molecular complexity index is 474. The van der Waals surface area contributed by atoms with Crippen molar-refractivity contribution < 1.29 is 53.1 Å². The third kappa shape index (κ3) is 5.23. The Hall–Kier alpha value is -1.56. The van der Waals surface area contributed by atoms with Crippen LogP contribution in [0.25, 0.3) is 0 Å². The standard InChI is InChI=1S/C11H10F11NO/c1-3-5(4-2)23-24-7(8(12,13)11(20,21)22)6(9(14,15)16)10(17,18)19/h3-4H2,1-2H3. The van der Waals surface area contributed by atoms with Crippen LogP contribution in [0.1, 0.15) is 26.7 Å². The van der Waals surface area contributed by atoms with Gasteiger partial charge in [-0.05, 0) is 12.8 Å². The molecule has 0 spiro atoms. The largest absolute Gasteiger partial charge is 0.461 e. The van der Waals surface area contributed by atoms with Gasteiger partial charge in [-0.25, -0.2) is 0 Å². The number of nitrogens with zero attached hydrogens (tertiary/aromatic N) is 1. The summed E-state index contributed by atoms with van der Waals surface area (Å²) in [5.41, 5.74) is -4.44. The first-order valence-electron chi connectivity index (χ1n) is 6.06. The van der Waals surface area contributed by atoms with E-state index < -0.39 is 35.8 Å². The maximum Gasteiger partial charge on any atom is 0.461 e. The van der Waals surface area contributed by atoms with Gasteiger partial charge < -0.3 is 4.84 Å². The van der Waals surface area contributed by atoms with Crippen LogP contribution in [0.15, 0.2) is 16.5 Å². The van der Waals surface area contributed by atoms with Crippen molar-refractivity contribution in [3.63, 3.8) is 0 Å². The zero-order chi connectivity index (χ0) is 19.6. The molecule has 0 unspecified atom stereocenters. The second kappa shape index (κ2) is 7.13. The van der Waals surface area contributed by atoms with Gasteiger partial charge in [0.2, 0.25) is 5.76 Å². The van der Waals surface area contributed by atoms with E-state index in [4.69, 9.17) is 0 Å². The molecule has 0 heterocycles. The van der Waals surface area contributed by atoms with E-state index in [2.05, 4.69) is 9.99 Å². The molecule has 0 saturated heterocycles. The van der Waals surface area contributed by atoms with E-state index in [1.54, 1.807) is 0 Å². The van der Waals surface area contributed by atoms with Crippen molar-refractivity contribution in [2.24, 2.45) is 5.16 Å². The van der Waals surface area contributed by atoms with E-state index in [0.717, 1.165) is 0 Å². The molecule has 0 atom stereocenters. The molecule has 24 heavy (non-hydrogen) atoms. The number of halogens is 11. The topological polar surface area (TPSA) is 21.6 Å². The van der Waals surface area contributed by atoms with Crippen LogP contribution >= 0.6 is 0 Å². The van der Waals surface area contributed by atoms with Gasteiger partial charge in [-0.15, -0.1) is 0 Å². The van der Waals surface area contributed by atoms with Gasteiger partial charge in [-0.3, -0.25) is 0 Å². The fraction of sp³-hybridized carbons (Fsp3) is 0.727. The van der Waals surface area contributed by atoms with Gasteiger partial charge in [0.05, 0.1) is 5.71 Å². The van der Waals surface area contributed by atoms with Crippen molar-refractivity contribution in [2.75, 3.05) is 0 Å². The molecule has 0 amide bonds. The second-order valence-corrected chi connectivity index (χ2v) is 4.23. The van der Waals surface area contributed by atoms with Crippen LogP contribution in [0.4, 0.5) is 48.3 Å². The highest BCUT2D eigenvalue weighted by atomic mass is 19.4. The van der Waals surface area contributed by atoms with E-state index in [1.807, 2.05) is 0 Å². The number of allylic oxidation sites excluding steroid dienone is 2. The maximum absolute atomic E-state index is 13.2. The molecule has 0 N–H and O–H groups in total. The number of hydrogen-bond acceptors (Lipinski definition) is 2. The lowest BCUT2D eigenvalue weighted by Gasteiger charge is -2.25. The first-order valence-corrected chi connectivity index (χ1v) is 6.06. The normalized spacial score (nSPS) is 13.5. The van der Waals surface area contributed by atoms with Crippen molar-refractivity contribution >= 4 is 5.71 Å². The zero-order valence-electron chi connectivity index (χ0n) is 11.9. The fourth-order valence-electron chi connectivity index (χ4n) is 1.30. The van der Waals surface area contributed by atoms with Crippen molar-refractivity contribution in [2.45, 2.75) is 51.1 Å². The summed E-state index contributed by atoms with van der Waals surface area (Å²) in [7, 11) is 0. The summed E-state index contributed by atoms with van der Waals surface area (Å²) in [5.74, 6) is -10.2. The molecule has 2 nitrogen and oxygen atoms in total. The third-order valence-electron chi connectivity index (χ3n) is 2.52. The third-order valence-corrected chi connectivity index (χ3v) is 2.52. The molecule has 0 radical (unpaired) electrons. The molecule has 0 saturated carbocycles. The zero-order valence-corrected chi connectivity index (χ0v) is 11.9.